The van der Waals surface area contributed by atoms with Crippen LogP contribution in [0.15, 0.2) is 40.9 Å². The Labute approximate surface area is 164 Å². The minimum Gasteiger partial charge on any atom is -0.504 e. The molecule has 1 aromatic heterocycles. The van der Waals surface area contributed by atoms with Crippen LogP contribution in [0.3, 0.4) is 0 Å². The van der Waals surface area contributed by atoms with Crippen LogP contribution in [0.4, 0.5) is 5.69 Å². The van der Waals surface area contributed by atoms with Crippen LogP contribution < -0.4 is 10.1 Å². The maximum atomic E-state index is 12.5. The highest BCUT2D eigenvalue weighted by Crippen LogP contribution is 2.43. The fourth-order valence-electron chi connectivity index (χ4n) is 3.09. The van der Waals surface area contributed by atoms with Crippen LogP contribution in [0.1, 0.15) is 17.0 Å². The molecule has 4 rings (SSSR count). The van der Waals surface area contributed by atoms with Gasteiger partial charge in [-0.15, -0.1) is 0 Å². The van der Waals surface area contributed by atoms with Crippen molar-refractivity contribution in [1.29, 1.82) is 0 Å². The average molecular weight is 399 g/mol. The number of phenols is 1. The van der Waals surface area contributed by atoms with E-state index in [1.54, 1.807) is 31.2 Å². The third kappa shape index (κ3) is 2.86. The number of hydrogen-bond acceptors (Lipinski definition) is 6. The molecule has 0 unspecified atom stereocenters. The lowest BCUT2D eigenvalue weighted by atomic mass is 9.98. The Morgan fingerprint density at radius 1 is 1.21 bits per heavy atom. The molecular formula is C20H15ClN2O5. The Morgan fingerprint density at radius 3 is 2.68 bits per heavy atom. The van der Waals surface area contributed by atoms with E-state index in [1.165, 1.54) is 19.2 Å². The fourth-order valence-corrected chi connectivity index (χ4v) is 3.36. The first kappa shape index (κ1) is 17.9. The lowest BCUT2D eigenvalue weighted by Crippen LogP contribution is -2.05. The van der Waals surface area contributed by atoms with Crippen molar-refractivity contribution in [3.8, 4) is 22.6 Å². The number of methoxy groups -OCH3 is 1. The van der Waals surface area contributed by atoms with E-state index >= 15 is 0 Å². The number of carbonyl (C=O) groups excluding carboxylic acids is 1. The number of phenolic OH excluding ortho intramolecular Hbond substituents is 1. The molecule has 0 aliphatic carbocycles. The Bertz CT molecular complexity index is 1150. The number of amides is 1. The summed E-state index contributed by atoms with van der Waals surface area (Å²) in [7, 11) is 1.45. The molecule has 7 nitrogen and oxygen atoms in total. The number of aliphatic hydroxyl groups excluding tert-OH is 1. The topological polar surface area (TPSA) is 105 Å². The van der Waals surface area contributed by atoms with Gasteiger partial charge in [-0.05, 0) is 36.8 Å². The van der Waals surface area contributed by atoms with E-state index in [4.69, 9.17) is 20.9 Å². The van der Waals surface area contributed by atoms with Gasteiger partial charge in [0.15, 0.2) is 17.3 Å². The second kappa shape index (κ2) is 6.61. The number of fused-ring (bicyclic) bond motifs is 1. The Kier molecular flexibility index (Phi) is 4.24. The molecule has 28 heavy (non-hydrogen) atoms. The van der Waals surface area contributed by atoms with Gasteiger partial charge < -0.3 is 24.8 Å². The van der Waals surface area contributed by atoms with Gasteiger partial charge in [-0.2, -0.15) is 0 Å². The molecule has 0 saturated heterocycles. The average Bonchev–Trinajstić information content (AvgIpc) is 3.23. The SMILES string of the molecule is COc1cc(-c2cc3c(cc2Cl)NC(=O)C3=C(O)c2cc(C)no2)ccc1O. The van der Waals surface area contributed by atoms with Gasteiger partial charge in [0, 0.05) is 17.2 Å². The predicted octanol–water partition coefficient (Wildman–Crippen LogP) is 4.40. The summed E-state index contributed by atoms with van der Waals surface area (Å²) in [5.41, 5.74) is 2.87. The van der Waals surface area contributed by atoms with Gasteiger partial charge in [-0.1, -0.05) is 22.8 Å². The summed E-state index contributed by atoms with van der Waals surface area (Å²) in [5, 5.41) is 27.2. The molecule has 2 heterocycles. The van der Waals surface area contributed by atoms with E-state index in [1.807, 2.05) is 0 Å². The van der Waals surface area contributed by atoms with Crippen molar-refractivity contribution in [3.05, 3.63) is 58.4 Å². The second-order valence-corrected chi connectivity index (χ2v) is 6.68. The van der Waals surface area contributed by atoms with Crippen LogP contribution in [-0.4, -0.2) is 28.4 Å². The molecule has 0 saturated carbocycles. The molecule has 8 heteroatoms. The molecule has 0 atom stereocenters. The maximum absolute atomic E-state index is 12.5. The lowest BCUT2D eigenvalue weighted by molar-refractivity contribution is -0.110. The van der Waals surface area contributed by atoms with Crippen LogP contribution in [0.25, 0.3) is 22.5 Å². The second-order valence-electron chi connectivity index (χ2n) is 6.27. The number of benzene rings is 2. The first-order valence-corrected chi connectivity index (χ1v) is 8.66. The Hall–Kier alpha value is -3.45. The highest BCUT2D eigenvalue weighted by atomic mass is 35.5. The number of carbonyl (C=O) groups is 1. The zero-order chi connectivity index (χ0) is 20.0. The number of aliphatic hydroxyl groups is 1. The van der Waals surface area contributed by atoms with Gasteiger partial charge in [0.2, 0.25) is 5.76 Å². The van der Waals surface area contributed by atoms with Crippen molar-refractivity contribution in [3.63, 3.8) is 0 Å². The van der Waals surface area contributed by atoms with E-state index in [-0.39, 0.29) is 22.8 Å². The number of aromatic nitrogens is 1. The summed E-state index contributed by atoms with van der Waals surface area (Å²) in [5.74, 6) is -0.400. The van der Waals surface area contributed by atoms with Crippen molar-refractivity contribution in [2.75, 3.05) is 12.4 Å². The van der Waals surface area contributed by atoms with Crippen LogP contribution in [0, 0.1) is 6.92 Å². The molecule has 1 amide bonds. The maximum Gasteiger partial charge on any atom is 0.260 e. The zero-order valence-corrected chi connectivity index (χ0v) is 15.7. The summed E-state index contributed by atoms with van der Waals surface area (Å²) in [6.07, 6.45) is 0. The van der Waals surface area contributed by atoms with E-state index in [0.29, 0.717) is 38.8 Å². The van der Waals surface area contributed by atoms with Gasteiger partial charge in [0.25, 0.3) is 5.91 Å². The summed E-state index contributed by atoms with van der Waals surface area (Å²) < 4.78 is 10.2. The number of nitrogens with one attached hydrogen (secondary N) is 1. The first-order chi connectivity index (χ1) is 13.4. The molecule has 0 fully saturated rings. The molecule has 142 valence electrons. The number of aryl methyl sites for hydroxylation is 1. The monoisotopic (exact) mass is 398 g/mol. The van der Waals surface area contributed by atoms with Gasteiger partial charge in [0.05, 0.1) is 29.1 Å². The highest BCUT2D eigenvalue weighted by molar-refractivity contribution is 6.38. The third-order valence-corrected chi connectivity index (χ3v) is 4.75. The van der Waals surface area contributed by atoms with Gasteiger partial charge >= 0.3 is 0 Å². The smallest absolute Gasteiger partial charge is 0.260 e. The number of ether oxygens (including phenoxy) is 1. The summed E-state index contributed by atoms with van der Waals surface area (Å²) >= 11 is 6.41. The third-order valence-electron chi connectivity index (χ3n) is 4.44. The molecule has 0 radical (unpaired) electrons. The Morgan fingerprint density at radius 2 is 2.00 bits per heavy atom. The van der Waals surface area contributed by atoms with Crippen LogP contribution >= 0.6 is 11.6 Å². The van der Waals surface area contributed by atoms with Crippen molar-refractivity contribution in [1.82, 2.24) is 5.16 Å². The van der Waals surface area contributed by atoms with Crippen molar-refractivity contribution in [2.45, 2.75) is 6.92 Å². The summed E-state index contributed by atoms with van der Waals surface area (Å²) in [6, 6.07) is 9.64. The standard InChI is InChI=1S/C20H15ClN2O5/c1-9-5-17(28-23-9)19(25)18-12-7-11(13(21)8-14(12)22-20(18)26)10-3-4-15(24)16(6-10)27-2/h3-8,24-25H,1-2H3,(H,22,26). The molecule has 1 aliphatic heterocycles. The van der Waals surface area contributed by atoms with E-state index in [9.17, 15) is 15.0 Å². The van der Waals surface area contributed by atoms with Crippen molar-refractivity contribution >= 4 is 34.5 Å². The number of rotatable bonds is 3. The molecule has 3 N–H and O–H groups in total. The number of anilines is 1. The van der Waals surface area contributed by atoms with E-state index in [2.05, 4.69) is 10.5 Å². The zero-order valence-electron chi connectivity index (χ0n) is 14.9. The molecular weight excluding hydrogens is 384 g/mol. The number of aromatic hydroxyl groups is 1. The fraction of sp³-hybridized carbons (Fsp3) is 0.100. The van der Waals surface area contributed by atoms with Gasteiger partial charge in [-0.3, -0.25) is 4.79 Å². The minimum absolute atomic E-state index is 0.000652. The number of halogens is 1. The number of nitrogens with zero attached hydrogens (tertiary/aromatic N) is 1. The van der Waals surface area contributed by atoms with Gasteiger partial charge in [-0.25, -0.2) is 0 Å². The molecule has 2 aromatic carbocycles. The van der Waals surface area contributed by atoms with Crippen LogP contribution in [0.5, 0.6) is 11.5 Å². The highest BCUT2D eigenvalue weighted by Gasteiger charge is 2.31. The minimum atomic E-state index is -0.474. The van der Waals surface area contributed by atoms with E-state index < -0.39 is 5.91 Å². The van der Waals surface area contributed by atoms with Crippen molar-refractivity contribution < 1.29 is 24.3 Å². The summed E-state index contributed by atoms with van der Waals surface area (Å²) in [4.78, 5) is 12.5. The molecule has 3 aromatic rings. The van der Waals surface area contributed by atoms with Crippen LogP contribution in [-0.2, 0) is 4.79 Å². The van der Waals surface area contributed by atoms with E-state index in [0.717, 1.165) is 0 Å². The van der Waals surface area contributed by atoms with Crippen molar-refractivity contribution in [2.24, 2.45) is 0 Å². The van der Waals surface area contributed by atoms with Crippen LogP contribution in [0.2, 0.25) is 5.02 Å². The quantitative estimate of drug-likeness (QED) is 0.446. The first-order valence-electron chi connectivity index (χ1n) is 8.28. The largest absolute Gasteiger partial charge is 0.504 e. The normalized spacial score (nSPS) is 14.6. The number of hydrogen-bond donors (Lipinski definition) is 3. The molecule has 1 aliphatic rings. The lowest BCUT2D eigenvalue weighted by Gasteiger charge is -2.11. The Balaban J connectivity index is 1.89. The van der Waals surface area contributed by atoms with Gasteiger partial charge in [0.1, 0.15) is 0 Å². The predicted molar refractivity (Wildman–Crippen MR) is 104 cm³/mol. The molecule has 0 spiro atoms. The summed E-state index contributed by atoms with van der Waals surface area (Å²) in [6.45, 7) is 1.71. The molecule has 0 bridgehead atoms.